The molecule has 0 spiro atoms. The molecular weight excluding hydrogens is 232 g/mol. The molecule has 0 radical (unpaired) electrons. The molecule has 18 heavy (non-hydrogen) atoms. The highest BCUT2D eigenvalue weighted by molar-refractivity contribution is 6.06. The summed E-state index contributed by atoms with van der Waals surface area (Å²) in [5, 5.41) is 10.9. The van der Waals surface area contributed by atoms with E-state index < -0.39 is 0 Å². The number of nitrogen functional groups attached to an aromatic ring is 1. The summed E-state index contributed by atoms with van der Waals surface area (Å²) >= 11 is 0. The van der Waals surface area contributed by atoms with Crippen LogP contribution in [-0.4, -0.2) is 25.5 Å². The van der Waals surface area contributed by atoms with E-state index in [1.54, 1.807) is 31.0 Å². The van der Waals surface area contributed by atoms with Crippen LogP contribution in [0.15, 0.2) is 12.3 Å². The van der Waals surface area contributed by atoms with Crippen molar-refractivity contribution in [2.24, 2.45) is 14.1 Å². The lowest BCUT2D eigenvalue weighted by Crippen LogP contribution is -2.19. The second-order valence-corrected chi connectivity index (χ2v) is 3.98. The molecule has 2 rings (SSSR count). The van der Waals surface area contributed by atoms with E-state index in [2.05, 4.69) is 15.5 Å². The van der Waals surface area contributed by atoms with E-state index >= 15 is 0 Å². The number of anilines is 2. The van der Waals surface area contributed by atoms with Crippen molar-refractivity contribution in [2.75, 3.05) is 11.1 Å². The number of carbonyl (C=O) groups is 1. The van der Waals surface area contributed by atoms with E-state index in [0.29, 0.717) is 23.6 Å². The minimum absolute atomic E-state index is 0.286. The van der Waals surface area contributed by atoms with Gasteiger partial charge in [0.1, 0.15) is 11.5 Å². The van der Waals surface area contributed by atoms with Gasteiger partial charge in [0.2, 0.25) is 0 Å². The summed E-state index contributed by atoms with van der Waals surface area (Å²) in [6.45, 7) is 1.95. The van der Waals surface area contributed by atoms with Gasteiger partial charge in [-0.2, -0.15) is 10.2 Å². The molecule has 0 atom stereocenters. The molecule has 3 N–H and O–H groups in total. The van der Waals surface area contributed by atoms with Crippen molar-refractivity contribution in [1.82, 2.24) is 19.6 Å². The largest absolute Gasteiger partial charge is 0.395 e. The molecule has 96 valence electrons. The van der Waals surface area contributed by atoms with Crippen molar-refractivity contribution in [3.05, 3.63) is 23.7 Å². The average Bonchev–Trinajstić information content (AvgIpc) is 2.83. The van der Waals surface area contributed by atoms with Crippen LogP contribution in [-0.2, 0) is 20.5 Å². The molecule has 0 bridgehead atoms. The molecule has 0 unspecified atom stereocenters. The van der Waals surface area contributed by atoms with Gasteiger partial charge in [0, 0.05) is 20.2 Å². The van der Waals surface area contributed by atoms with Gasteiger partial charge in [0.15, 0.2) is 0 Å². The molecule has 0 fully saturated rings. The number of carbonyl (C=O) groups excluding carboxylic acids is 1. The first kappa shape index (κ1) is 12.2. The lowest BCUT2D eigenvalue weighted by atomic mass is 10.2. The maximum absolute atomic E-state index is 12.1. The zero-order valence-corrected chi connectivity index (χ0v) is 10.6. The molecule has 0 aromatic carbocycles. The second kappa shape index (κ2) is 4.52. The van der Waals surface area contributed by atoms with Crippen molar-refractivity contribution in [3.63, 3.8) is 0 Å². The summed E-state index contributed by atoms with van der Waals surface area (Å²) in [6, 6.07) is 1.71. The smallest absolute Gasteiger partial charge is 0.277 e. The first-order valence-electron chi connectivity index (χ1n) is 5.65. The summed E-state index contributed by atoms with van der Waals surface area (Å²) in [5.41, 5.74) is 7.44. The topological polar surface area (TPSA) is 90.8 Å². The van der Waals surface area contributed by atoms with E-state index in [-0.39, 0.29) is 5.91 Å². The van der Waals surface area contributed by atoms with Crippen LogP contribution >= 0.6 is 0 Å². The van der Waals surface area contributed by atoms with Gasteiger partial charge >= 0.3 is 0 Å². The zero-order chi connectivity index (χ0) is 13.3. The van der Waals surface area contributed by atoms with Crippen LogP contribution < -0.4 is 11.1 Å². The maximum Gasteiger partial charge on any atom is 0.277 e. The van der Waals surface area contributed by atoms with E-state index in [4.69, 9.17) is 5.73 Å². The van der Waals surface area contributed by atoms with Crippen molar-refractivity contribution in [3.8, 4) is 0 Å². The molecule has 1 amide bonds. The number of amides is 1. The van der Waals surface area contributed by atoms with Crippen LogP contribution in [0, 0.1) is 0 Å². The molecule has 0 aliphatic carbocycles. The van der Waals surface area contributed by atoms with Crippen LogP contribution in [0.5, 0.6) is 0 Å². The Labute approximate surface area is 105 Å². The summed E-state index contributed by atoms with van der Waals surface area (Å²) in [5.74, 6) is 0.324. The number of hydrogen-bond donors (Lipinski definition) is 2. The molecular formula is C11H16N6O. The van der Waals surface area contributed by atoms with Crippen molar-refractivity contribution < 1.29 is 4.79 Å². The zero-order valence-electron chi connectivity index (χ0n) is 10.6. The van der Waals surface area contributed by atoms with Crippen LogP contribution in [0.3, 0.4) is 0 Å². The average molecular weight is 248 g/mol. The Hall–Kier alpha value is -2.31. The van der Waals surface area contributed by atoms with Crippen LogP contribution in [0.2, 0.25) is 0 Å². The van der Waals surface area contributed by atoms with Crippen LogP contribution in [0.1, 0.15) is 23.1 Å². The van der Waals surface area contributed by atoms with Gasteiger partial charge in [-0.15, -0.1) is 0 Å². The molecule has 2 aromatic heterocycles. The van der Waals surface area contributed by atoms with Gasteiger partial charge in [-0.3, -0.25) is 14.2 Å². The number of nitrogens with two attached hydrogens (primary N) is 1. The molecule has 0 aliphatic rings. The fourth-order valence-corrected chi connectivity index (χ4v) is 1.80. The quantitative estimate of drug-likeness (QED) is 0.830. The fraction of sp³-hybridized carbons (Fsp3) is 0.364. The Morgan fingerprint density at radius 2 is 2.17 bits per heavy atom. The summed E-state index contributed by atoms with van der Waals surface area (Å²) < 4.78 is 3.07. The lowest BCUT2D eigenvalue weighted by Gasteiger charge is -2.06. The van der Waals surface area contributed by atoms with Crippen LogP contribution in [0.25, 0.3) is 0 Å². The Kier molecular flexibility index (Phi) is 3.05. The lowest BCUT2D eigenvalue weighted by molar-refractivity contribution is 0.101. The number of nitrogens with one attached hydrogen (secondary N) is 1. The summed E-state index contributed by atoms with van der Waals surface area (Å²) in [4.78, 5) is 12.1. The van der Waals surface area contributed by atoms with E-state index in [9.17, 15) is 4.79 Å². The fourth-order valence-electron chi connectivity index (χ4n) is 1.80. The predicted molar refractivity (Wildman–Crippen MR) is 68.2 cm³/mol. The van der Waals surface area contributed by atoms with Gasteiger partial charge in [-0.05, 0) is 6.42 Å². The third kappa shape index (κ3) is 1.94. The monoisotopic (exact) mass is 248 g/mol. The van der Waals surface area contributed by atoms with Gasteiger partial charge < -0.3 is 11.1 Å². The third-order valence-electron chi connectivity index (χ3n) is 2.77. The summed E-state index contributed by atoms with van der Waals surface area (Å²) in [6.07, 6.45) is 2.30. The Morgan fingerprint density at radius 1 is 1.44 bits per heavy atom. The van der Waals surface area contributed by atoms with E-state index in [0.717, 1.165) is 5.69 Å². The molecule has 0 saturated heterocycles. The highest BCUT2D eigenvalue weighted by Gasteiger charge is 2.19. The van der Waals surface area contributed by atoms with E-state index in [1.165, 1.54) is 4.68 Å². The number of rotatable bonds is 3. The Balaban J connectivity index is 2.30. The number of nitrogens with zero attached hydrogens (tertiary/aromatic N) is 4. The standard InChI is InChI=1S/C11H16N6O/c1-4-7-9(12)10(17(3)15-7)11(18)14-8-5-6-13-16(8)2/h5-6H,4,12H2,1-3H3,(H,14,18). The van der Waals surface area contributed by atoms with Gasteiger partial charge in [0.05, 0.1) is 17.6 Å². The highest BCUT2D eigenvalue weighted by atomic mass is 16.2. The third-order valence-corrected chi connectivity index (χ3v) is 2.77. The molecule has 0 aliphatic heterocycles. The normalized spacial score (nSPS) is 10.6. The minimum Gasteiger partial charge on any atom is -0.395 e. The molecule has 7 nitrogen and oxygen atoms in total. The SMILES string of the molecule is CCc1nn(C)c(C(=O)Nc2ccnn2C)c1N. The van der Waals surface area contributed by atoms with Crippen molar-refractivity contribution in [2.45, 2.75) is 13.3 Å². The number of hydrogen-bond acceptors (Lipinski definition) is 4. The highest BCUT2D eigenvalue weighted by Crippen LogP contribution is 2.18. The maximum atomic E-state index is 12.1. The Morgan fingerprint density at radius 3 is 2.67 bits per heavy atom. The first-order chi connectivity index (χ1) is 8.54. The molecule has 7 heteroatoms. The van der Waals surface area contributed by atoms with Crippen LogP contribution in [0.4, 0.5) is 11.5 Å². The first-order valence-corrected chi connectivity index (χ1v) is 5.65. The predicted octanol–water partition coefficient (Wildman–Crippen LogP) is 0.550. The van der Waals surface area contributed by atoms with Gasteiger partial charge in [-0.25, -0.2) is 0 Å². The number of aromatic nitrogens is 4. The van der Waals surface area contributed by atoms with Gasteiger partial charge in [-0.1, -0.05) is 6.92 Å². The Bertz CT molecular complexity index is 582. The van der Waals surface area contributed by atoms with Gasteiger partial charge in [0.25, 0.3) is 5.91 Å². The summed E-state index contributed by atoms with van der Waals surface area (Å²) in [7, 11) is 3.45. The molecule has 0 saturated carbocycles. The van der Waals surface area contributed by atoms with E-state index in [1.807, 2.05) is 6.92 Å². The van der Waals surface area contributed by atoms with Crippen molar-refractivity contribution in [1.29, 1.82) is 0 Å². The second-order valence-electron chi connectivity index (χ2n) is 3.98. The number of aryl methyl sites for hydroxylation is 3. The molecule has 2 heterocycles. The van der Waals surface area contributed by atoms with Crippen molar-refractivity contribution >= 4 is 17.4 Å². The molecule has 2 aromatic rings. The minimum atomic E-state index is -0.286.